The van der Waals surface area contributed by atoms with E-state index in [0.29, 0.717) is 24.5 Å². The average Bonchev–Trinajstić information content (AvgIpc) is 3.23. The summed E-state index contributed by atoms with van der Waals surface area (Å²) in [6, 6.07) is 5.88. The maximum absolute atomic E-state index is 13.0. The highest BCUT2D eigenvalue weighted by Gasteiger charge is 2.34. The van der Waals surface area contributed by atoms with Gasteiger partial charge in [0.2, 0.25) is 10.0 Å². The molecule has 4 rings (SSSR count). The zero-order chi connectivity index (χ0) is 22.2. The summed E-state index contributed by atoms with van der Waals surface area (Å²) in [4.78, 5) is 3.88. The summed E-state index contributed by atoms with van der Waals surface area (Å²) in [5, 5.41) is 15.9. The number of pyridine rings is 1. The first-order valence-corrected chi connectivity index (χ1v) is 11.2. The molecule has 7 nitrogen and oxygen atoms in total. The lowest BCUT2D eigenvalue weighted by Crippen LogP contribution is -2.42. The summed E-state index contributed by atoms with van der Waals surface area (Å²) in [6.07, 6.45) is -1.43. The minimum atomic E-state index is -4.61. The van der Waals surface area contributed by atoms with E-state index in [2.05, 4.69) is 21.7 Å². The number of sulfonamides is 1. The van der Waals surface area contributed by atoms with Gasteiger partial charge in [0.25, 0.3) is 0 Å². The van der Waals surface area contributed by atoms with E-state index in [1.165, 1.54) is 16.6 Å². The number of hydrogen-bond donors (Lipinski definition) is 2. The minimum absolute atomic E-state index is 0.0628. The molecule has 0 saturated carbocycles. The lowest BCUT2D eigenvalue weighted by Gasteiger charge is -2.32. The predicted molar refractivity (Wildman–Crippen MR) is 108 cm³/mol. The molecule has 1 aromatic carbocycles. The van der Waals surface area contributed by atoms with Crippen LogP contribution in [0.3, 0.4) is 0 Å². The number of hydrogen-bond acceptors (Lipinski definition) is 6. The Kier molecular flexibility index (Phi) is 5.53. The molecular formula is C20H20F3N5O2S. The number of nitrogens with one attached hydrogen (secondary N) is 2. The highest BCUT2D eigenvalue weighted by Crippen LogP contribution is 2.33. The average molecular weight is 451 g/mol. The van der Waals surface area contributed by atoms with Crippen LogP contribution in [-0.2, 0) is 22.6 Å². The van der Waals surface area contributed by atoms with Crippen molar-refractivity contribution in [3.8, 4) is 6.07 Å². The Balaban J connectivity index is 1.48. The van der Waals surface area contributed by atoms with E-state index in [9.17, 15) is 26.9 Å². The van der Waals surface area contributed by atoms with Gasteiger partial charge in [-0.1, -0.05) is 6.07 Å². The van der Waals surface area contributed by atoms with Crippen LogP contribution in [0.4, 0.5) is 24.7 Å². The largest absolute Gasteiger partial charge is 0.416 e. The fourth-order valence-corrected chi connectivity index (χ4v) is 5.45. The molecule has 0 bridgehead atoms. The van der Waals surface area contributed by atoms with Gasteiger partial charge in [0.1, 0.15) is 11.9 Å². The molecule has 0 radical (unpaired) electrons. The van der Waals surface area contributed by atoms with E-state index in [1.54, 1.807) is 0 Å². The van der Waals surface area contributed by atoms with E-state index in [4.69, 9.17) is 0 Å². The molecule has 1 saturated heterocycles. The highest BCUT2D eigenvalue weighted by atomic mass is 32.2. The molecular weight excluding hydrogens is 431 g/mol. The molecule has 1 fully saturated rings. The first-order chi connectivity index (χ1) is 14.7. The second kappa shape index (κ2) is 8.01. The van der Waals surface area contributed by atoms with Crippen LogP contribution < -0.4 is 10.6 Å². The molecule has 0 unspecified atom stereocenters. The maximum Gasteiger partial charge on any atom is 0.416 e. The second-order valence-electron chi connectivity index (χ2n) is 7.51. The SMILES string of the molecule is N#Cc1cnc2c(c1NC1CCN(S(=O)(=O)c3cccc(C(F)(F)F)c3)CC1)CCN2. The van der Waals surface area contributed by atoms with Gasteiger partial charge in [-0.25, -0.2) is 13.4 Å². The Morgan fingerprint density at radius 2 is 2.00 bits per heavy atom. The normalized spacial score (nSPS) is 17.6. The second-order valence-corrected chi connectivity index (χ2v) is 9.45. The van der Waals surface area contributed by atoms with Gasteiger partial charge in [0, 0.05) is 37.4 Å². The number of alkyl halides is 3. The fraction of sp³-hybridized carbons (Fsp3) is 0.400. The van der Waals surface area contributed by atoms with E-state index < -0.39 is 21.8 Å². The highest BCUT2D eigenvalue weighted by molar-refractivity contribution is 7.89. The van der Waals surface area contributed by atoms with Gasteiger partial charge < -0.3 is 10.6 Å². The number of nitriles is 1. The molecule has 11 heteroatoms. The number of piperidine rings is 1. The number of anilines is 2. The lowest BCUT2D eigenvalue weighted by atomic mass is 10.0. The number of rotatable bonds is 4. The van der Waals surface area contributed by atoms with Crippen LogP contribution in [0.2, 0.25) is 0 Å². The Morgan fingerprint density at radius 3 is 2.68 bits per heavy atom. The van der Waals surface area contributed by atoms with Crippen LogP contribution in [-0.4, -0.2) is 43.4 Å². The van der Waals surface area contributed by atoms with Crippen molar-refractivity contribution in [1.82, 2.24) is 9.29 Å². The van der Waals surface area contributed by atoms with Crippen LogP contribution in [0.5, 0.6) is 0 Å². The molecule has 2 aliphatic rings. The summed E-state index contributed by atoms with van der Waals surface area (Å²) in [5.41, 5.74) is 1.10. The quantitative estimate of drug-likeness (QED) is 0.741. The topological polar surface area (TPSA) is 98.1 Å². The third-order valence-electron chi connectivity index (χ3n) is 5.57. The number of halogens is 3. The molecule has 3 heterocycles. The molecule has 2 aromatic rings. The molecule has 2 aliphatic heterocycles. The Bertz CT molecular complexity index is 1140. The van der Waals surface area contributed by atoms with E-state index in [1.807, 2.05) is 0 Å². The molecule has 31 heavy (non-hydrogen) atoms. The summed E-state index contributed by atoms with van der Waals surface area (Å²) < 4.78 is 65.8. The summed E-state index contributed by atoms with van der Waals surface area (Å²) >= 11 is 0. The number of fused-ring (bicyclic) bond motifs is 1. The van der Waals surface area contributed by atoms with Crippen LogP contribution in [0.25, 0.3) is 0 Å². The van der Waals surface area contributed by atoms with Crippen molar-refractivity contribution < 1.29 is 21.6 Å². The first-order valence-electron chi connectivity index (χ1n) is 9.80. The van der Waals surface area contributed by atoms with Crippen molar-refractivity contribution >= 4 is 21.5 Å². The van der Waals surface area contributed by atoms with E-state index in [-0.39, 0.29) is 24.0 Å². The number of aromatic nitrogens is 1. The van der Waals surface area contributed by atoms with Crippen molar-refractivity contribution in [1.29, 1.82) is 5.26 Å². The monoisotopic (exact) mass is 451 g/mol. The van der Waals surface area contributed by atoms with E-state index >= 15 is 0 Å². The molecule has 0 spiro atoms. The molecule has 2 N–H and O–H groups in total. The lowest BCUT2D eigenvalue weighted by molar-refractivity contribution is -0.137. The first kappa shape index (κ1) is 21.4. The van der Waals surface area contributed by atoms with Gasteiger partial charge >= 0.3 is 6.18 Å². The van der Waals surface area contributed by atoms with Gasteiger partial charge in [-0.3, -0.25) is 0 Å². The minimum Gasteiger partial charge on any atom is -0.381 e. The molecule has 0 amide bonds. The molecule has 164 valence electrons. The van der Waals surface area contributed by atoms with Gasteiger partial charge in [-0.15, -0.1) is 0 Å². The van der Waals surface area contributed by atoms with Crippen molar-refractivity contribution in [2.24, 2.45) is 0 Å². The fourth-order valence-electron chi connectivity index (χ4n) is 3.93. The zero-order valence-electron chi connectivity index (χ0n) is 16.4. The van der Waals surface area contributed by atoms with Crippen molar-refractivity contribution in [2.75, 3.05) is 30.3 Å². The van der Waals surface area contributed by atoms with Gasteiger partial charge in [0.05, 0.1) is 21.7 Å². The zero-order valence-corrected chi connectivity index (χ0v) is 17.2. The van der Waals surface area contributed by atoms with E-state index in [0.717, 1.165) is 42.2 Å². The van der Waals surface area contributed by atoms with Crippen molar-refractivity contribution in [3.05, 3.63) is 47.2 Å². The van der Waals surface area contributed by atoms with Gasteiger partial charge in [-0.2, -0.15) is 22.7 Å². The molecule has 1 aromatic heterocycles. The van der Waals surface area contributed by atoms with Crippen LogP contribution in [0.1, 0.15) is 29.5 Å². The Labute approximate surface area is 177 Å². The van der Waals surface area contributed by atoms with Gasteiger partial charge in [-0.05, 0) is 37.5 Å². The van der Waals surface area contributed by atoms with Crippen molar-refractivity contribution in [3.63, 3.8) is 0 Å². The smallest absolute Gasteiger partial charge is 0.381 e. The van der Waals surface area contributed by atoms with Crippen LogP contribution >= 0.6 is 0 Å². The standard InChI is InChI=1S/C20H20F3N5O2S/c21-20(22,23)14-2-1-3-16(10-14)31(29,30)28-8-5-15(6-9-28)27-18-13(11-24)12-26-19-17(18)4-7-25-19/h1-3,10,12,15H,4-9H2,(H2,25,26,27). The predicted octanol–water partition coefficient (Wildman–Crippen LogP) is 3.21. The van der Waals surface area contributed by atoms with Crippen LogP contribution in [0, 0.1) is 11.3 Å². The molecule has 0 atom stereocenters. The maximum atomic E-state index is 13.0. The summed E-state index contributed by atoms with van der Waals surface area (Å²) in [7, 11) is -4.03. The number of nitrogens with zero attached hydrogens (tertiary/aromatic N) is 3. The number of benzene rings is 1. The third kappa shape index (κ3) is 4.18. The van der Waals surface area contributed by atoms with Crippen LogP contribution in [0.15, 0.2) is 35.4 Å². The summed E-state index contributed by atoms with van der Waals surface area (Å²) in [5.74, 6) is 0.742. The Hall–Kier alpha value is -2.84. The third-order valence-corrected chi connectivity index (χ3v) is 7.46. The molecule has 0 aliphatic carbocycles. The van der Waals surface area contributed by atoms with Crippen molar-refractivity contribution in [2.45, 2.75) is 36.4 Å². The van der Waals surface area contributed by atoms with Gasteiger partial charge in [0.15, 0.2) is 0 Å². The Morgan fingerprint density at radius 1 is 1.26 bits per heavy atom. The summed E-state index contributed by atoms with van der Waals surface area (Å²) in [6.45, 7) is 1.08.